The zero-order valence-electron chi connectivity index (χ0n) is 9.79. The van der Waals surface area contributed by atoms with Crippen LogP contribution in [0.1, 0.15) is 19.8 Å². The average molecular weight is 243 g/mol. The Kier molecular flexibility index (Phi) is 5.43. The van der Waals surface area contributed by atoms with Gasteiger partial charge in [-0.15, -0.1) is 0 Å². The van der Waals surface area contributed by atoms with Crippen LogP contribution in [0.3, 0.4) is 0 Å². The molecule has 3 N–H and O–H groups in total. The molecule has 1 aromatic carbocycles. The minimum absolute atomic E-state index is 0.290. The van der Waals surface area contributed by atoms with E-state index in [1.165, 1.54) is 0 Å². The number of rotatable bonds is 6. The van der Waals surface area contributed by atoms with E-state index < -0.39 is 0 Å². The van der Waals surface area contributed by atoms with E-state index >= 15 is 0 Å². The van der Waals surface area contributed by atoms with E-state index in [-0.39, 0.29) is 0 Å². The second-order valence-electron chi connectivity index (χ2n) is 3.82. The second-order valence-corrected chi connectivity index (χ2v) is 4.25. The van der Waals surface area contributed by atoms with Crippen molar-refractivity contribution in [2.45, 2.75) is 25.8 Å². The van der Waals surface area contributed by atoms with Gasteiger partial charge in [-0.3, -0.25) is 0 Å². The Balaban J connectivity index is 2.68. The third kappa shape index (κ3) is 3.91. The highest BCUT2D eigenvalue weighted by Crippen LogP contribution is 2.23. The predicted molar refractivity (Wildman–Crippen MR) is 70.1 cm³/mol. The molecule has 0 amide bonds. The Labute approximate surface area is 102 Å². The van der Waals surface area contributed by atoms with E-state index in [9.17, 15) is 0 Å². The van der Waals surface area contributed by atoms with Crippen LogP contribution < -0.4 is 11.1 Å². The lowest BCUT2D eigenvalue weighted by atomic mass is 10.1. The Bertz CT molecular complexity index is 325. The highest BCUT2D eigenvalue weighted by atomic mass is 35.5. The highest BCUT2D eigenvalue weighted by molar-refractivity contribution is 6.31. The number of nitrogens with two attached hydrogens (primary N) is 1. The topological polar surface area (TPSA) is 47.3 Å². The van der Waals surface area contributed by atoms with Crippen LogP contribution in [0.25, 0.3) is 0 Å². The molecule has 16 heavy (non-hydrogen) atoms. The summed E-state index contributed by atoms with van der Waals surface area (Å²) in [6, 6.07) is 5.77. The van der Waals surface area contributed by atoms with Gasteiger partial charge in [-0.05, 0) is 24.6 Å². The lowest BCUT2D eigenvalue weighted by Crippen LogP contribution is -2.25. The lowest BCUT2D eigenvalue weighted by Gasteiger charge is -2.19. The van der Waals surface area contributed by atoms with Gasteiger partial charge in [0, 0.05) is 18.2 Å². The number of anilines is 2. The molecule has 0 aromatic heterocycles. The van der Waals surface area contributed by atoms with Gasteiger partial charge in [0.1, 0.15) is 0 Å². The van der Waals surface area contributed by atoms with Gasteiger partial charge < -0.3 is 15.8 Å². The molecule has 0 saturated heterocycles. The Morgan fingerprint density at radius 3 is 2.81 bits per heavy atom. The number of nitrogen functional groups attached to an aromatic ring is 1. The van der Waals surface area contributed by atoms with Gasteiger partial charge in [0.05, 0.1) is 18.0 Å². The summed E-state index contributed by atoms with van der Waals surface area (Å²) in [7, 11) is 1.70. The second kappa shape index (κ2) is 6.61. The van der Waals surface area contributed by atoms with Crippen molar-refractivity contribution in [1.29, 1.82) is 0 Å². The van der Waals surface area contributed by atoms with Gasteiger partial charge in [-0.1, -0.05) is 24.9 Å². The van der Waals surface area contributed by atoms with E-state index in [1.807, 2.05) is 12.1 Å². The molecule has 0 bridgehead atoms. The van der Waals surface area contributed by atoms with Gasteiger partial charge in [-0.2, -0.15) is 0 Å². The van der Waals surface area contributed by atoms with Gasteiger partial charge in [0.15, 0.2) is 0 Å². The molecule has 90 valence electrons. The fourth-order valence-electron chi connectivity index (χ4n) is 1.63. The molecule has 1 rings (SSSR count). The number of methoxy groups -OCH3 is 1. The van der Waals surface area contributed by atoms with E-state index in [0.717, 1.165) is 18.5 Å². The van der Waals surface area contributed by atoms with E-state index in [2.05, 4.69) is 12.2 Å². The largest absolute Gasteiger partial charge is 0.397 e. The molecule has 0 saturated carbocycles. The first-order chi connectivity index (χ1) is 7.67. The van der Waals surface area contributed by atoms with Crippen molar-refractivity contribution in [3.8, 4) is 0 Å². The molecule has 1 atom stereocenters. The van der Waals surface area contributed by atoms with Crippen LogP contribution in [-0.2, 0) is 4.74 Å². The molecule has 0 aliphatic rings. The van der Waals surface area contributed by atoms with Crippen LogP contribution in [0.2, 0.25) is 5.02 Å². The molecular formula is C12H19ClN2O. The molecule has 0 aliphatic heterocycles. The minimum atomic E-state index is 0.290. The fraction of sp³-hybridized carbons (Fsp3) is 0.500. The van der Waals surface area contributed by atoms with Crippen LogP contribution in [0.5, 0.6) is 0 Å². The number of ether oxygens (including phenoxy) is 1. The monoisotopic (exact) mass is 242 g/mol. The number of benzene rings is 1. The zero-order valence-corrected chi connectivity index (χ0v) is 10.6. The maximum absolute atomic E-state index is 5.87. The maximum atomic E-state index is 5.87. The first kappa shape index (κ1) is 13.1. The zero-order chi connectivity index (χ0) is 12.0. The van der Waals surface area contributed by atoms with Crippen molar-refractivity contribution >= 4 is 23.0 Å². The van der Waals surface area contributed by atoms with Crippen LogP contribution >= 0.6 is 11.6 Å². The Hall–Kier alpha value is -0.930. The predicted octanol–water partition coefficient (Wildman–Crippen LogP) is 3.15. The summed E-state index contributed by atoms with van der Waals surface area (Å²) in [5.41, 5.74) is 7.46. The first-order valence-electron chi connectivity index (χ1n) is 5.47. The molecule has 4 heteroatoms. The summed E-state index contributed by atoms with van der Waals surface area (Å²) in [5.74, 6) is 0. The van der Waals surface area contributed by atoms with E-state index in [0.29, 0.717) is 23.4 Å². The van der Waals surface area contributed by atoms with Gasteiger partial charge in [0.2, 0.25) is 0 Å². The van der Waals surface area contributed by atoms with Crippen LogP contribution in [0.4, 0.5) is 11.4 Å². The normalized spacial score (nSPS) is 12.4. The Morgan fingerprint density at radius 2 is 2.25 bits per heavy atom. The summed E-state index contributed by atoms with van der Waals surface area (Å²) >= 11 is 5.84. The molecule has 3 nitrogen and oxygen atoms in total. The lowest BCUT2D eigenvalue weighted by molar-refractivity contribution is 0.182. The molecule has 1 unspecified atom stereocenters. The molecular weight excluding hydrogens is 224 g/mol. The molecule has 1 aromatic rings. The van der Waals surface area contributed by atoms with E-state index in [4.69, 9.17) is 22.1 Å². The van der Waals surface area contributed by atoms with Crippen LogP contribution in [0.15, 0.2) is 18.2 Å². The fourth-order valence-corrected chi connectivity index (χ4v) is 1.81. The van der Waals surface area contributed by atoms with E-state index in [1.54, 1.807) is 13.2 Å². The highest BCUT2D eigenvalue weighted by Gasteiger charge is 2.08. The van der Waals surface area contributed by atoms with Crippen LogP contribution in [0, 0.1) is 0 Å². The number of halogens is 1. The quantitative estimate of drug-likeness (QED) is 0.754. The van der Waals surface area contributed by atoms with Gasteiger partial charge in [0.25, 0.3) is 0 Å². The summed E-state index contributed by atoms with van der Waals surface area (Å²) in [5, 5.41) is 4.02. The molecule has 0 heterocycles. The van der Waals surface area contributed by atoms with Crippen LogP contribution in [-0.4, -0.2) is 19.8 Å². The van der Waals surface area contributed by atoms with Crippen molar-refractivity contribution in [2.24, 2.45) is 0 Å². The molecule has 0 fully saturated rings. The van der Waals surface area contributed by atoms with Crippen molar-refractivity contribution in [3.05, 3.63) is 23.2 Å². The molecule has 0 aliphatic carbocycles. The van der Waals surface area contributed by atoms with Gasteiger partial charge in [-0.25, -0.2) is 0 Å². The first-order valence-corrected chi connectivity index (χ1v) is 5.85. The smallest absolute Gasteiger partial charge is 0.0664 e. The van der Waals surface area contributed by atoms with Crippen molar-refractivity contribution in [2.75, 3.05) is 24.8 Å². The third-order valence-corrected chi connectivity index (χ3v) is 2.61. The molecule has 0 spiro atoms. The third-order valence-electron chi connectivity index (χ3n) is 2.38. The Morgan fingerprint density at radius 1 is 1.50 bits per heavy atom. The summed E-state index contributed by atoms with van der Waals surface area (Å²) in [4.78, 5) is 0. The summed E-state index contributed by atoms with van der Waals surface area (Å²) in [6.45, 7) is 2.82. The van der Waals surface area contributed by atoms with Crippen molar-refractivity contribution < 1.29 is 4.74 Å². The van der Waals surface area contributed by atoms with Crippen molar-refractivity contribution in [3.63, 3.8) is 0 Å². The summed E-state index contributed by atoms with van der Waals surface area (Å²) in [6.07, 6.45) is 2.16. The minimum Gasteiger partial charge on any atom is -0.397 e. The van der Waals surface area contributed by atoms with Gasteiger partial charge >= 0.3 is 0 Å². The number of nitrogens with one attached hydrogen (secondary N) is 1. The van der Waals surface area contributed by atoms with Crippen molar-refractivity contribution in [1.82, 2.24) is 0 Å². The standard InChI is InChI=1S/C12H19ClN2O/c1-3-4-10(8-16-2)15-12-6-5-9(13)7-11(12)14/h5-7,10,15H,3-4,8,14H2,1-2H3. The number of hydrogen-bond acceptors (Lipinski definition) is 3. The maximum Gasteiger partial charge on any atom is 0.0664 e. The average Bonchev–Trinajstić information content (AvgIpc) is 2.23. The summed E-state index contributed by atoms with van der Waals surface area (Å²) < 4.78 is 5.16. The number of hydrogen-bond donors (Lipinski definition) is 2. The SMILES string of the molecule is CCCC(COC)Nc1ccc(Cl)cc1N. The molecule has 0 radical (unpaired) electrons.